The molecular formula is C12H21N5. The summed E-state index contributed by atoms with van der Waals surface area (Å²) in [6, 6.07) is 0. The molecule has 0 aromatic carbocycles. The zero-order valence-corrected chi connectivity index (χ0v) is 11.1. The van der Waals surface area contributed by atoms with Crippen LogP contribution in [0.15, 0.2) is 12.4 Å². The van der Waals surface area contributed by atoms with Crippen molar-refractivity contribution in [2.24, 2.45) is 0 Å². The van der Waals surface area contributed by atoms with E-state index in [1.807, 2.05) is 13.2 Å². The van der Waals surface area contributed by atoms with Crippen molar-refractivity contribution in [3.8, 4) is 0 Å². The number of nitrogens with one attached hydrogen (secondary N) is 1. The number of hydrogen-bond donors (Lipinski definition) is 1. The van der Waals surface area contributed by atoms with Crippen molar-refractivity contribution < 1.29 is 0 Å². The molecular weight excluding hydrogens is 214 g/mol. The minimum atomic E-state index is 0.176. The van der Waals surface area contributed by atoms with E-state index in [-0.39, 0.29) is 5.54 Å². The molecule has 5 heteroatoms. The van der Waals surface area contributed by atoms with Crippen molar-refractivity contribution in [2.45, 2.75) is 19.4 Å². The average Bonchev–Trinajstić information content (AvgIpc) is 2.32. The fourth-order valence-electron chi connectivity index (χ4n) is 2.06. The molecule has 17 heavy (non-hydrogen) atoms. The summed E-state index contributed by atoms with van der Waals surface area (Å²) in [5.74, 6) is 1.78. The molecule has 1 aromatic rings. The quantitative estimate of drug-likeness (QED) is 0.830. The Bertz CT molecular complexity index is 390. The smallest absolute Gasteiger partial charge is 0.149 e. The molecule has 94 valence electrons. The third kappa shape index (κ3) is 2.49. The monoisotopic (exact) mass is 235 g/mol. The van der Waals surface area contributed by atoms with Crippen molar-refractivity contribution in [2.75, 3.05) is 43.9 Å². The molecule has 5 nitrogen and oxygen atoms in total. The first-order valence-corrected chi connectivity index (χ1v) is 5.99. The number of anilines is 2. The molecule has 1 aliphatic rings. The SMILES string of the molecule is CNc1cncc(N2CCN(C)C(C)(C)C2)n1. The summed E-state index contributed by atoms with van der Waals surface area (Å²) in [4.78, 5) is 13.4. The number of likely N-dealkylation sites (N-methyl/N-ethyl adjacent to an activating group) is 1. The van der Waals surface area contributed by atoms with Crippen LogP contribution >= 0.6 is 0 Å². The lowest BCUT2D eigenvalue weighted by molar-refractivity contribution is 0.138. The maximum atomic E-state index is 4.54. The van der Waals surface area contributed by atoms with Crippen molar-refractivity contribution in [3.63, 3.8) is 0 Å². The van der Waals surface area contributed by atoms with E-state index in [2.05, 4.69) is 46.0 Å². The van der Waals surface area contributed by atoms with Gasteiger partial charge in [0.15, 0.2) is 0 Å². The Kier molecular flexibility index (Phi) is 3.19. The van der Waals surface area contributed by atoms with Crippen molar-refractivity contribution in [1.82, 2.24) is 14.9 Å². The molecule has 0 aliphatic carbocycles. The highest BCUT2D eigenvalue weighted by atomic mass is 15.3. The minimum absolute atomic E-state index is 0.176. The molecule has 1 saturated heterocycles. The summed E-state index contributed by atoms with van der Waals surface area (Å²) in [5, 5.41) is 3.03. The Morgan fingerprint density at radius 3 is 2.71 bits per heavy atom. The summed E-state index contributed by atoms with van der Waals surface area (Å²) in [6.07, 6.45) is 3.58. The second-order valence-electron chi connectivity index (χ2n) is 5.17. The summed E-state index contributed by atoms with van der Waals surface area (Å²) in [7, 11) is 4.04. The molecule has 0 spiro atoms. The Morgan fingerprint density at radius 2 is 2.06 bits per heavy atom. The molecule has 1 fully saturated rings. The third-order valence-corrected chi connectivity index (χ3v) is 3.52. The van der Waals surface area contributed by atoms with Crippen LogP contribution in [0.4, 0.5) is 11.6 Å². The molecule has 0 saturated carbocycles. The van der Waals surface area contributed by atoms with Crippen molar-refractivity contribution in [1.29, 1.82) is 0 Å². The lowest BCUT2D eigenvalue weighted by atomic mass is 10.00. The molecule has 2 heterocycles. The van der Waals surface area contributed by atoms with Gasteiger partial charge in [-0.1, -0.05) is 0 Å². The Hall–Kier alpha value is -1.36. The highest BCUT2D eigenvalue weighted by Gasteiger charge is 2.31. The van der Waals surface area contributed by atoms with Gasteiger partial charge in [0.25, 0.3) is 0 Å². The van der Waals surface area contributed by atoms with Crippen LogP contribution in [0, 0.1) is 0 Å². The number of hydrogen-bond acceptors (Lipinski definition) is 5. The average molecular weight is 235 g/mol. The predicted octanol–water partition coefficient (Wildman–Crippen LogP) is 1.05. The lowest BCUT2D eigenvalue weighted by Crippen LogP contribution is -2.57. The van der Waals surface area contributed by atoms with E-state index in [0.717, 1.165) is 31.3 Å². The Labute approximate surface area is 103 Å². The van der Waals surface area contributed by atoms with Crippen LogP contribution in [0.3, 0.4) is 0 Å². The lowest BCUT2D eigenvalue weighted by Gasteiger charge is -2.45. The van der Waals surface area contributed by atoms with Gasteiger partial charge in [0.05, 0.1) is 12.4 Å². The van der Waals surface area contributed by atoms with Gasteiger partial charge in [0.2, 0.25) is 0 Å². The Balaban J connectivity index is 2.17. The zero-order chi connectivity index (χ0) is 12.5. The van der Waals surface area contributed by atoms with E-state index >= 15 is 0 Å². The fraction of sp³-hybridized carbons (Fsp3) is 0.667. The molecule has 1 N–H and O–H groups in total. The maximum Gasteiger partial charge on any atom is 0.149 e. The van der Waals surface area contributed by atoms with Crippen molar-refractivity contribution >= 4 is 11.6 Å². The van der Waals surface area contributed by atoms with Gasteiger partial charge in [-0.25, -0.2) is 4.98 Å². The largest absolute Gasteiger partial charge is 0.372 e. The van der Waals surface area contributed by atoms with Crippen LogP contribution in [0.2, 0.25) is 0 Å². The summed E-state index contributed by atoms with van der Waals surface area (Å²) < 4.78 is 0. The van der Waals surface area contributed by atoms with E-state index < -0.39 is 0 Å². The van der Waals surface area contributed by atoms with E-state index in [1.165, 1.54) is 0 Å². The van der Waals surface area contributed by atoms with Crippen LogP contribution in [0.5, 0.6) is 0 Å². The molecule has 0 atom stereocenters. The molecule has 0 amide bonds. The van der Waals surface area contributed by atoms with Crippen LogP contribution in [-0.4, -0.2) is 54.1 Å². The predicted molar refractivity (Wildman–Crippen MR) is 70.5 cm³/mol. The topological polar surface area (TPSA) is 44.3 Å². The van der Waals surface area contributed by atoms with Crippen LogP contribution in [0.1, 0.15) is 13.8 Å². The Morgan fingerprint density at radius 1 is 1.29 bits per heavy atom. The number of rotatable bonds is 2. The first-order chi connectivity index (χ1) is 8.03. The van der Waals surface area contributed by atoms with Gasteiger partial charge in [-0.3, -0.25) is 9.88 Å². The normalized spacial score (nSPS) is 20.4. The molecule has 0 bridgehead atoms. The first-order valence-electron chi connectivity index (χ1n) is 5.99. The van der Waals surface area contributed by atoms with E-state index in [9.17, 15) is 0 Å². The highest BCUT2D eigenvalue weighted by Crippen LogP contribution is 2.23. The minimum Gasteiger partial charge on any atom is -0.372 e. The highest BCUT2D eigenvalue weighted by molar-refractivity contribution is 5.44. The van der Waals surface area contributed by atoms with E-state index in [4.69, 9.17) is 0 Å². The molecule has 1 aromatic heterocycles. The number of nitrogens with zero attached hydrogens (tertiary/aromatic N) is 4. The van der Waals surface area contributed by atoms with Crippen molar-refractivity contribution in [3.05, 3.63) is 12.4 Å². The molecule has 1 aliphatic heterocycles. The van der Waals surface area contributed by atoms with Crippen LogP contribution < -0.4 is 10.2 Å². The fourth-order valence-corrected chi connectivity index (χ4v) is 2.06. The van der Waals surface area contributed by atoms with Gasteiger partial charge in [-0.2, -0.15) is 0 Å². The summed E-state index contributed by atoms with van der Waals surface area (Å²) in [6.45, 7) is 7.55. The van der Waals surface area contributed by atoms with Gasteiger partial charge < -0.3 is 10.2 Å². The second kappa shape index (κ2) is 4.49. The second-order valence-corrected chi connectivity index (χ2v) is 5.17. The number of aromatic nitrogens is 2. The van der Waals surface area contributed by atoms with E-state index in [0.29, 0.717) is 0 Å². The van der Waals surface area contributed by atoms with Gasteiger partial charge in [0.1, 0.15) is 11.6 Å². The van der Waals surface area contributed by atoms with Gasteiger partial charge in [-0.05, 0) is 20.9 Å². The molecule has 2 rings (SSSR count). The first kappa shape index (κ1) is 12.1. The summed E-state index contributed by atoms with van der Waals surface area (Å²) in [5.41, 5.74) is 0.176. The third-order valence-electron chi connectivity index (χ3n) is 3.52. The van der Waals surface area contributed by atoms with Gasteiger partial charge >= 0.3 is 0 Å². The maximum absolute atomic E-state index is 4.54. The summed E-state index contributed by atoms with van der Waals surface area (Å²) >= 11 is 0. The standard InChI is InChI=1S/C12H21N5/c1-12(2)9-17(6-5-16(12)4)11-8-14-7-10(13-3)15-11/h7-8H,5-6,9H2,1-4H3,(H,13,15). The number of piperazine rings is 1. The molecule has 0 radical (unpaired) electrons. The van der Waals surface area contributed by atoms with Crippen LogP contribution in [0.25, 0.3) is 0 Å². The van der Waals surface area contributed by atoms with Crippen LogP contribution in [-0.2, 0) is 0 Å². The molecule has 0 unspecified atom stereocenters. The van der Waals surface area contributed by atoms with Gasteiger partial charge in [0, 0.05) is 32.2 Å². The zero-order valence-electron chi connectivity index (χ0n) is 11.1. The van der Waals surface area contributed by atoms with Gasteiger partial charge in [-0.15, -0.1) is 0 Å². The van der Waals surface area contributed by atoms with E-state index in [1.54, 1.807) is 6.20 Å².